The lowest BCUT2D eigenvalue weighted by Gasteiger charge is -2.22. The molecule has 1 aromatic carbocycles. The predicted molar refractivity (Wildman–Crippen MR) is 77.2 cm³/mol. The smallest absolute Gasteiger partial charge is 0.243 e. The summed E-state index contributed by atoms with van der Waals surface area (Å²) in [6, 6.07) is 5.29. The Labute approximate surface area is 123 Å². The van der Waals surface area contributed by atoms with E-state index in [2.05, 4.69) is 10.6 Å². The fourth-order valence-electron chi connectivity index (χ4n) is 2.32. The molecule has 1 aromatic rings. The van der Waals surface area contributed by atoms with Crippen LogP contribution in [-0.4, -0.2) is 31.6 Å². The lowest BCUT2D eigenvalue weighted by atomic mass is 10.1. The standard InChI is InChI=1S/C15H20N2O4/c1-3-21-12-6-4-5-10(14(12)20-2)9-16-11-7-8-13(18)17-15(11)19/h4-6,11,16H,3,7-9H2,1-2H3,(H,17,18,19). The van der Waals surface area contributed by atoms with Crippen LogP contribution in [0, 0.1) is 0 Å². The third kappa shape index (κ3) is 3.72. The van der Waals surface area contributed by atoms with E-state index in [0.29, 0.717) is 37.5 Å². The van der Waals surface area contributed by atoms with Crippen molar-refractivity contribution in [2.45, 2.75) is 32.4 Å². The molecule has 1 atom stereocenters. The van der Waals surface area contributed by atoms with Gasteiger partial charge < -0.3 is 14.8 Å². The number of piperidine rings is 1. The highest BCUT2D eigenvalue weighted by Gasteiger charge is 2.26. The van der Waals surface area contributed by atoms with Crippen LogP contribution in [-0.2, 0) is 16.1 Å². The molecule has 6 heteroatoms. The summed E-state index contributed by atoms with van der Waals surface area (Å²) in [6.07, 6.45) is 0.873. The fraction of sp³-hybridized carbons (Fsp3) is 0.467. The van der Waals surface area contributed by atoms with Gasteiger partial charge in [0.2, 0.25) is 11.8 Å². The highest BCUT2D eigenvalue weighted by molar-refractivity contribution is 6.00. The molecule has 1 aliphatic rings. The van der Waals surface area contributed by atoms with Crippen molar-refractivity contribution >= 4 is 11.8 Å². The van der Waals surface area contributed by atoms with Gasteiger partial charge in [-0.05, 0) is 19.4 Å². The summed E-state index contributed by atoms with van der Waals surface area (Å²) >= 11 is 0. The van der Waals surface area contributed by atoms with Gasteiger partial charge in [-0.1, -0.05) is 12.1 Å². The van der Waals surface area contributed by atoms with Crippen LogP contribution < -0.4 is 20.1 Å². The summed E-state index contributed by atoms with van der Waals surface area (Å²) in [4.78, 5) is 22.8. The molecule has 1 heterocycles. The second-order valence-corrected chi connectivity index (χ2v) is 4.77. The monoisotopic (exact) mass is 292 g/mol. The van der Waals surface area contributed by atoms with E-state index in [1.807, 2.05) is 25.1 Å². The topological polar surface area (TPSA) is 76.7 Å². The Morgan fingerprint density at radius 2 is 2.19 bits per heavy atom. The summed E-state index contributed by atoms with van der Waals surface area (Å²) in [6.45, 7) is 2.94. The van der Waals surface area contributed by atoms with E-state index >= 15 is 0 Å². The van der Waals surface area contributed by atoms with Crippen molar-refractivity contribution in [1.29, 1.82) is 0 Å². The molecule has 2 rings (SSSR count). The molecule has 1 aliphatic heterocycles. The van der Waals surface area contributed by atoms with E-state index in [1.54, 1.807) is 7.11 Å². The van der Waals surface area contributed by atoms with Gasteiger partial charge in [0.05, 0.1) is 19.8 Å². The van der Waals surface area contributed by atoms with Crippen LogP contribution in [0.5, 0.6) is 11.5 Å². The molecule has 0 aliphatic carbocycles. The molecule has 1 fully saturated rings. The Kier molecular flexibility index (Phi) is 5.16. The Morgan fingerprint density at radius 1 is 1.38 bits per heavy atom. The number of hydrogen-bond acceptors (Lipinski definition) is 5. The van der Waals surface area contributed by atoms with Crippen molar-refractivity contribution in [3.63, 3.8) is 0 Å². The van der Waals surface area contributed by atoms with Gasteiger partial charge in [-0.2, -0.15) is 0 Å². The SMILES string of the molecule is CCOc1cccc(CNC2CCC(=O)NC2=O)c1OC. The molecule has 1 saturated heterocycles. The molecule has 114 valence electrons. The van der Waals surface area contributed by atoms with E-state index in [9.17, 15) is 9.59 Å². The first-order chi connectivity index (χ1) is 10.2. The number of carbonyl (C=O) groups is 2. The summed E-state index contributed by atoms with van der Waals surface area (Å²) < 4.78 is 10.9. The van der Waals surface area contributed by atoms with Crippen LogP contribution in [0.25, 0.3) is 0 Å². The number of benzene rings is 1. The third-order valence-electron chi connectivity index (χ3n) is 3.34. The average molecular weight is 292 g/mol. The number of amides is 2. The quantitative estimate of drug-likeness (QED) is 0.765. The largest absolute Gasteiger partial charge is 0.493 e. The second-order valence-electron chi connectivity index (χ2n) is 4.77. The molecule has 0 spiro atoms. The molecule has 1 unspecified atom stereocenters. The Hall–Kier alpha value is -2.08. The van der Waals surface area contributed by atoms with Crippen molar-refractivity contribution in [3.05, 3.63) is 23.8 Å². The van der Waals surface area contributed by atoms with Crippen LogP contribution in [0.1, 0.15) is 25.3 Å². The van der Waals surface area contributed by atoms with Crippen LogP contribution in [0.4, 0.5) is 0 Å². The Bertz CT molecular complexity index is 530. The van der Waals surface area contributed by atoms with E-state index in [4.69, 9.17) is 9.47 Å². The molecule has 0 radical (unpaired) electrons. The van der Waals surface area contributed by atoms with Gasteiger partial charge in [-0.3, -0.25) is 14.9 Å². The molecule has 6 nitrogen and oxygen atoms in total. The van der Waals surface area contributed by atoms with E-state index < -0.39 is 0 Å². The Morgan fingerprint density at radius 3 is 2.86 bits per heavy atom. The second kappa shape index (κ2) is 7.08. The number of ether oxygens (including phenoxy) is 2. The number of methoxy groups -OCH3 is 1. The van der Waals surface area contributed by atoms with Gasteiger partial charge in [0, 0.05) is 18.5 Å². The Balaban J connectivity index is 2.04. The first-order valence-electron chi connectivity index (χ1n) is 7.01. The first-order valence-corrected chi connectivity index (χ1v) is 7.01. The highest BCUT2D eigenvalue weighted by Crippen LogP contribution is 2.31. The van der Waals surface area contributed by atoms with Gasteiger partial charge in [0.1, 0.15) is 0 Å². The lowest BCUT2D eigenvalue weighted by Crippen LogP contribution is -2.50. The van der Waals surface area contributed by atoms with Crippen molar-refractivity contribution < 1.29 is 19.1 Å². The van der Waals surface area contributed by atoms with E-state index in [-0.39, 0.29) is 17.9 Å². The first kappa shape index (κ1) is 15.3. The maximum absolute atomic E-state index is 11.7. The molecular formula is C15H20N2O4. The van der Waals surface area contributed by atoms with Crippen LogP contribution in [0.2, 0.25) is 0 Å². The number of nitrogens with one attached hydrogen (secondary N) is 2. The summed E-state index contributed by atoms with van der Waals surface area (Å²) in [7, 11) is 1.59. The summed E-state index contributed by atoms with van der Waals surface area (Å²) in [5.41, 5.74) is 0.910. The van der Waals surface area contributed by atoms with Crippen molar-refractivity contribution in [2.75, 3.05) is 13.7 Å². The predicted octanol–water partition coefficient (Wildman–Crippen LogP) is 0.989. The molecule has 0 bridgehead atoms. The fourth-order valence-corrected chi connectivity index (χ4v) is 2.32. The van der Waals surface area contributed by atoms with Gasteiger partial charge in [0.25, 0.3) is 0 Å². The number of hydrogen-bond donors (Lipinski definition) is 2. The third-order valence-corrected chi connectivity index (χ3v) is 3.34. The minimum atomic E-state index is -0.358. The lowest BCUT2D eigenvalue weighted by molar-refractivity contribution is -0.134. The maximum atomic E-state index is 11.7. The highest BCUT2D eigenvalue weighted by atomic mass is 16.5. The van der Waals surface area contributed by atoms with Gasteiger partial charge in [-0.25, -0.2) is 0 Å². The van der Waals surface area contributed by atoms with E-state index in [1.165, 1.54) is 0 Å². The minimum Gasteiger partial charge on any atom is -0.493 e. The normalized spacial score (nSPS) is 18.3. The zero-order valence-corrected chi connectivity index (χ0v) is 12.3. The van der Waals surface area contributed by atoms with E-state index in [0.717, 1.165) is 5.56 Å². The number of imide groups is 1. The molecule has 2 N–H and O–H groups in total. The van der Waals surface area contributed by atoms with Crippen LogP contribution in [0.15, 0.2) is 18.2 Å². The maximum Gasteiger partial charge on any atom is 0.243 e. The molecule has 2 amide bonds. The van der Waals surface area contributed by atoms with Crippen LogP contribution in [0.3, 0.4) is 0 Å². The number of rotatable bonds is 6. The molecule has 0 aromatic heterocycles. The zero-order chi connectivity index (χ0) is 15.2. The summed E-state index contributed by atoms with van der Waals surface area (Å²) in [5, 5.41) is 5.48. The van der Waals surface area contributed by atoms with Crippen molar-refractivity contribution in [1.82, 2.24) is 10.6 Å². The zero-order valence-electron chi connectivity index (χ0n) is 12.3. The number of carbonyl (C=O) groups excluding carboxylic acids is 2. The minimum absolute atomic E-state index is 0.214. The van der Waals surface area contributed by atoms with Gasteiger partial charge in [-0.15, -0.1) is 0 Å². The van der Waals surface area contributed by atoms with Crippen molar-refractivity contribution in [3.8, 4) is 11.5 Å². The molecule has 21 heavy (non-hydrogen) atoms. The van der Waals surface area contributed by atoms with Gasteiger partial charge in [0.15, 0.2) is 11.5 Å². The average Bonchev–Trinajstić information content (AvgIpc) is 2.47. The molecular weight excluding hydrogens is 272 g/mol. The summed E-state index contributed by atoms with van der Waals surface area (Å²) in [5.74, 6) is 0.863. The van der Waals surface area contributed by atoms with Crippen molar-refractivity contribution in [2.24, 2.45) is 0 Å². The van der Waals surface area contributed by atoms with Crippen LogP contribution >= 0.6 is 0 Å². The molecule has 0 saturated carbocycles. The number of para-hydroxylation sites is 1. The van der Waals surface area contributed by atoms with Gasteiger partial charge >= 0.3 is 0 Å².